The SMILES string of the molecule is CC.[CH2-]C(=O)C[C@H](C)CC(=O)N[C@@H](C)c1ccccc1.[Y]. The zero-order chi connectivity index (χ0) is 15.5. The Labute approximate surface area is 154 Å². The molecule has 1 aromatic carbocycles. The number of carbonyl (C=O) groups is 2. The molecule has 21 heavy (non-hydrogen) atoms. The Morgan fingerprint density at radius 2 is 1.62 bits per heavy atom. The molecule has 4 heteroatoms. The first-order valence-corrected chi connectivity index (χ1v) is 7.18. The van der Waals surface area contributed by atoms with Gasteiger partial charge in [0.05, 0.1) is 6.04 Å². The predicted octanol–water partition coefficient (Wildman–Crippen LogP) is 3.71. The number of amides is 1. The summed E-state index contributed by atoms with van der Waals surface area (Å²) in [6, 6.07) is 9.78. The van der Waals surface area contributed by atoms with Crippen LogP contribution in [0.2, 0.25) is 0 Å². The van der Waals surface area contributed by atoms with Gasteiger partial charge in [-0.15, -0.1) is 0 Å². The molecule has 1 aromatic rings. The standard InChI is InChI=1S/C15H20NO2.C2H6.Y/c1-11(9-12(2)17)10-15(18)16-13(3)14-7-5-4-6-8-14;1-2;/h4-8,11,13H,2,9-10H2,1,3H3,(H,16,18);1-2H3;/q-1;;/t11-,13-;;/m0../s1. The van der Waals surface area contributed by atoms with E-state index in [1.165, 1.54) is 0 Å². The molecule has 0 aliphatic rings. The molecule has 1 N–H and O–H groups in total. The van der Waals surface area contributed by atoms with Gasteiger partial charge in [0.2, 0.25) is 5.91 Å². The normalized spacial score (nSPS) is 12.0. The van der Waals surface area contributed by atoms with E-state index in [1.807, 2.05) is 58.0 Å². The summed E-state index contributed by atoms with van der Waals surface area (Å²) in [4.78, 5) is 22.6. The number of hydrogen-bond acceptors (Lipinski definition) is 2. The third-order valence-electron chi connectivity index (χ3n) is 2.79. The molecule has 1 rings (SSSR count). The fraction of sp³-hybridized carbons (Fsp3) is 0.471. The summed E-state index contributed by atoms with van der Waals surface area (Å²) in [5, 5.41) is 2.93. The van der Waals surface area contributed by atoms with Gasteiger partial charge in [0.15, 0.2) is 0 Å². The van der Waals surface area contributed by atoms with Crippen LogP contribution in [0.25, 0.3) is 0 Å². The molecule has 3 nitrogen and oxygen atoms in total. The minimum absolute atomic E-state index is 0. The van der Waals surface area contributed by atoms with E-state index in [0.29, 0.717) is 12.8 Å². The third-order valence-corrected chi connectivity index (χ3v) is 2.79. The van der Waals surface area contributed by atoms with Gasteiger partial charge in [0, 0.05) is 39.1 Å². The molecule has 0 aliphatic heterocycles. The summed E-state index contributed by atoms with van der Waals surface area (Å²) >= 11 is 0. The number of nitrogens with one attached hydrogen (secondary N) is 1. The summed E-state index contributed by atoms with van der Waals surface area (Å²) in [5.41, 5.74) is 1.08. The Bertz CT molecular complexity index is 407. The van der Waals surface area contributed by atoms with Gasteiger partial charge in [-0.1, -0.05) is 51.1 Å². The van der Waals surface area contributed by atoms with Gasteiger partial charge in [-0.2, -0.15) is 0 Å². The molecular formula is C17H26NO2Y-. The monoisotopic (exact) mass is 365 g/mol. The zero-order valence-corrected chi connectivity index (χ0v) is 16.4. The van der Waals surface area contributed by atoms with Gasteiger partial charge in [0.25, 0.3) is 0 Å². The van der Waals surface area contributed by atoms with Crippen LogP contribution in [-0.4, -0.2) is 11.7 Å². The number of ketones is 1. The summed E-state index contributed by atoms with van der Waals surface area (Å²) in [5.74, 6) is -0.107. The molecule has 0 aromatic heterocycles. The van der Waals surface area contributed by atoms with E-state index in [0.717, 1.165) is 5.56 Å². The van der Waals surface area contributed by atoms with Gasteiger partial charge < -0.3 is 17.0 Å². The fourth-order valence-corrected chi connectivity index (χ4v) is 1.90. The number of benzene rings is 1. The minimum Gasteiger partial charge on any atom is -0.350 e. The number of rotatable bonds is 6. The van der Waals surface area contributed by atoms with Crippen LogP contribution < -0.4 is 5.32 Å². The second kappa shape index (κ2) is 13.0. The zero-order valence-electron chi connectivity index (χ0n) is 13.6. The van der Waals surface area contributed by atoms with Crippen molar-refractivity contribution in [2.45, 2.75) is 46.6 Å². The van der Waals surface area contributed by atoms with Crippen LogP contribution in [0.1, 0.15) is 52.1 Å². The third kappa shape index (κ3) is 10.7. The van der Waals surface area contributed by atoms with Crippen molar-refractivity contribution in [2.24, 2.45) is 5.92 Å². The topological polar surface area (TPSA) is 46.2 Å². The number of hydrogen-bond donors (Lipinski definition) is 1. The van der Waals surface area contributed by atoms with Gasteiger partial charge in [0.1, 0.15) is 0 Å². The second-order valence-electron chi connectivity index (χ2n) is 4.75. The number of Topliss-reactive ketones (excluding diaryl/α,β-unsaturated/α-hetero) is 1. The molecule has 0 unspecified atom stereocenters. The Morgan fingerprint density at radius 1 is 1.10 bits per heavy atom. The molecule has 0 fully saturated rings. The van der Waals surface area contributed by atoms with Gasteiger partial charge in [-0.05, 0) is 30.6 Å². The molecule has 2 atom stereocenters. The van der Waals surface area contributed by atoms with E-state index in [9.17, 15) is 9.59 Å². The van der Waals surface area contributed by atoms with E-state index >= 15 is 0 Å². The van der Waals surface area contributed by atoms with Gasteiger partial charge in [-0.25, -0.2) is 0 Å². The van der Waals surface area contributed by atoms with Gasteiger partial charge >= 0.3 is 0 Å². The maximum Gasteiger partial charge on any atom is 0.220 e. The molecule has 1 amide bonds. The van der Waals surface area contributed by atoms with E-state index in [-0.39, 0.29) is 56.4 Å². The van der Waals surface area contributed by atoms with Crippen molar-refractivity contribution in [2.75, 3.05) is 0 Å². The second-order valence-corrected chi connectivity index (χ2v) is 4.75. The molecule has 0 bridgehead atoms. The quantitative estimate of drug-likeness (QED) is 0.782. The maximum absolute atomic E-state index is 11.8. The Hall–Kier alpha value is -0.666. The average molecular weight is 365 g/mol. The van der Waals surface area contributed by atoms with Crippen LogP contribution in [0, 0.1) is 12.8 Å². The summed E-state index contributed by atoms with van der Waals surface area (Å²) < 4.78 is 0. The Balaban J connectivity index is 0. The van der Waals surface area contributed by atoms with Crippen LogP contribution in [0.5, 0.6) is 0 Å². The van der Waals surface area contributed by atoms with Crippen LogP contribution >= 0.6 is 0 Å². The first kappa shape index (κ1) is 22.6. The largest absolute Gasteiger partial charge is 0.350 e. The Morgan fingerprint density at radius 3 is 2.10 bits per heavy atom. The summed E-state index contributed by atoms with van der Waals surface area (Å²) in [6.45, 7) is 11.2. The molecule has 1 radical (unpaired) electrons. The van der Waals surface area contributed by atoms with Crippen molar-refractivity contribution >= 4 is 11.7 Å². The molecule has 0 heterocycles. The molecular weight excluding hydrogens is 339 g/mol. The molecule has 0 spiro atoms. The van der Waals surface area contributed by atoms with E-state index in [1.54, 1.807) is 0 Å². The number of carbonyl (C=O) groups excluding carboxylic acids is 2. The predicted molar refractivity (Wildman–Crippen MR) is 83.1 cm³/mol. The van der Waals surface area contributed by atoms with Crippen LogP contribution in [-0.2, 0) is 42.3 Å². The molecule has 0 saturated carbocycles. The first-order chi connectivity index (χ1) is 9.49. The maximum atomic E-state index is 11.8. The average Bonchev–Trinajstić information content (AvgIpc) is 2.40. The first-order valence-electron chi connectivity index (χ1n) is 7.18. The van der Waals surface area contributed by atoms with E-state index in [2.05, 4.69) is 12.2 Å². The van der Waals surface area contributed by atoms with E-state index < -0.39 is 0 Å². The van der Waals surface area contributed by atoms with Crippen molar-refractivity contribution in [3.05, 3.63) is 42.8 Å². The fourth-order valence-electron chi connectivity index (χ4n) is 1.90. The van der Waals surface area contributed by atoms with Gasteiger partial charge in [-0.3, -0.25) is 4.79 Å². The molecule has 115 valence electrons. The minimum atomic E-state index is -0.119. The smallest absolute Gasteiger partial charge is 0.220 e. The summed E-state index contributed by atoms with van der Waals surface area (Å²) in [6.07, 6.45) is 0.714. The van der Waals surface area contributed by atoms with Crippen LogP contribution in [0.4, 0.5) is 0 Å². The van der Waals surface area contributed by atoms with Crippen LogP contribution in [0.15, 0.2) is 30.3 Å². The van der Waals surface area contributed by atoms with Crippen molar-refractivity contribution in [1.82, 2.24) is 5.32 Å². The molecule has 0 aliphatic carbocycles. The van der Waals surface area contributed by atoms with Crippen molar-refractivity contribution in [3.63, 3.8) is 0 Å². The Kier molecular flexibility index (Phi) is 14.0. The van der Waals surface area contributed by atoms with Crippen molar-refractivity contribution in [3.8, 4) is 0 Å². The van der Waals surface area contributed by atoms with Crippen LogP contribution in [0.3, 0.4) is 0 Å². The van der Waals surface area contributed by atoms with E-state index in [4.69, 9.17) is 0 Å². The summed E-state index contributed by atoms with van der Waals surface area (Å²) in [7, 11) is 0. The molecule has 0 saturated heterocycles. The van der Waals surface area contributed by atoms with Crippen molar-refractivity contribution < 1.29 is 42.3 Å². The van der Waals surface area contributed by atoms with Crippen molar-refractivity contribution in [1.29, 1.82) is 0 Å².